The van der Waals surface area contributed by atoms with Gasteiger partial charge in [0.1, 0.15) is 5.60 Å². The molecule has 0 amide bonds. The lowest BCUT2D eigenvalue weighted by molar-refractivity contribution is 0.143. The number of hydrogen-bond donors (Lipinski definition) is 2. The Bertz CT molecular complexity index is 793. The second kappa shape index (κ2) is 8.66. The zero-order valence-corrected chi connectivity index (χ0v) is 18.7. The number of aliphatic hydroxyl groups is 2. The van der Waals surface area contributed by atoms with Gasteiger partial charge in [-0.2, -0.15) is 0 Å². The summed E-state index contributed by atoms with van der Waals surface area (Å²) >= 11 is 0. The van der Waals surface area contributed by atoms with E-state index in [9.17, 15) is 10.2 Å². The highest BCUT2D eigenvalue weighted by molar-refractivity contribution is 5.39. The standard InChI is InChI=1S/C27H38O2/c1-19(9-7-17-26(3,4)29)23-15-16-24-22(11-8-18-27(23,24)5)14-13-21-10-6-12-25(28)20(21)2/h13-15,19,24-25,28-29H,2,6,8-12,16,18H2,1,3-5H3/b21-13-,22-14+/t19?,24-,25?,27?/m0/s1. The summed E-state index contributed by atoms with van der Waals surface area (Å²) in [6, 6.07) is 0. The van der Waals surface area contributed by atoms with Crippen molar-refractivity contribution >= 4 is 0 Å². The van der Waals surface area contributed by atoms with Crippen LogP contribution in [0.3, 0.4) is 0 Å². The monoisotopic (exact) mass is 394 g/mol. The number of hydrogen-bond acceptors (Lipinski definition) is 2. The molecule has 0 saturated heterocycles. The summed E-state index contributed by atoms with van der Waals surface area (Å²) in [6.07, 6.45) is 15.2. The van der Waals surface area contributed by atoms with E-state index in [0.29, 0.717) is 11.8 Å². The van der Waals surface area contributed by atoms with Gasteiger partial charge in [-0.3, -0.25) is 0 Å². The van der Waals surface area contributed by atoms with Crippen LogP contribution in [0.1, 0.15) is 79.1 Å². The van der Waals surface area contributed by atoms with Gasteiger partial charge in [0.15, 0.2) is 0 Å². The van der Waals surface area contributed by atoms with Gasteiger partial charge in [-0.25, -0.2) is 0 Å². The number of aliphatic hydroxyl groups excluding tert-OH is 1. The largest absolute Gasteiger partial charge is 0.388 e. The van der Waals surface area contributed by atoms with Crippen LogP contribution in [0.4, 0.5) is 0 Å². The molecule has 29 heavy (non-hydrogen) atoms. The lowest BCUT2D eigenvalue weighted by Crippen LogP contribution is -2.32. The predicted octanol–water partition coefficient (Wildman–Crippen LogP) is 5.88. The van der Waals surface area contributed by atoms with Crippen molar-refractivity contribution in [3.63, 3.8) is 0 Å². The van der Waals surface area contributed by atoms with Crippen LogP contribution < -0.4 is 0 Å². The minimum atomic E-state index is -0.916. The van der Waals surface area contributed by atoms with E-state index < -0.39 is 5.60 Å². The second-order valence-corrected chi connectivity index (χ2v) is 10.1. The second-order valence-electron chi connectivity index (χ2n) is 10.1. The topological polar surface area (TPSA) is 40.5 Å². The van der Waals surface area contributed by atoms with Gasteiger partial charge in [-0.15, -0.1) is 0 Å². The van der Waals surface area contributed by atoms with Crippen LogP contribution in [0, 0.1) is 29.1 Å². The molecular weight excluding hydrogens is 356 g/mol. The molecule has 3 aliphatic rings. The first-order valence-electron chi connectivity index (χ1n) is 11.3. The van der Waals surface area contributed by atoms with E-state index in [1.807, 2.05) is 0 Å². The van der Waals surface area contributed by atoms with Gasteiger partial charge in [-0.1, -0.05) is 61.6 Å². The predicted molar refractivity (Wildman–Crippen MR) is 121 cm³/mol. The van der Waals surface area contributed by atoms with Gasteiger partial charge in [0.2, 0.25) is 0 Å². The Balaban J connectivity index is 1.75. The lowest BCUT2D eigenvalue weighted by atomic mass is 9.62. The molecule has 0 spiro atoms. The van der Waals surface area contributed by atoms with Crippen LogP contribution in [-0.4, -0.2) is 21.9 Å². The summed E-state index contributed by atoms with van der Waals surface area (Å²) in [4.78, 5) is 0. The lowest BCUT2D eigenvalue weighted by Gasteiger charge is -2.42. The third-order valence-electron chi connectivity index (χ3n) is 7.18. The summed E-state index contributed by atoms with van der Waals surface area (Å²) in [7, 11) is 0. The smallest absolute Gasteiger partial charge is 0.119 e. The maximum absolute atomic E-state index is 10.1. The Hall–Kier alpha value is -1.56. The minimum absolute atomic E-state index is 0.224. The molecule has 0 aromatic carbocycles. The minimum Gasteiger partial charge on any atom is -0.388 e. The fraction of sp³-hybridized carbons (Fsp3) is 0.630. The fourth-order valence-corrected chi connectivity index (χ4v) is 5.58. The van der Waals surface area contributed by atoms with Gasteiger partial charge < -0.3 is 10.2 Å². The van der Waals surface area contributed by atoms with Crippen LogP contribution in [0.2, 0.25) is 0 Å². The highest BCUT2D eigenvalue weighted by atomic mass is 16.3. The third kappa shape index (κ3) is 4.96. The average molecular weight is 395 g/mol. The van der Waals surface area contributed by atoms with Crippen LogP contribution in [0.25, 0.3) is 0 Å². The molecule has 0 radical (unpaired) electrons. The summed E-state index contributed by atoms with van der Waals surface area (Å²) in [5, 5.41) is 19.9. The van der Waals surface area contributed by atoms with Gasteiger partial charge in [0.05, 0.1) is 6.10 Å². The Labute approximate surface area is 177 Å². The van der Waals surface area contributed by atoms with E-state index in [4.69, 9.17) is 0 Å². The summed E-state index contributed by atoms with van der Waals surface area (Å²) in [6.45, 7) is 12.3. The zero-order valence-electron chi connectivity index (χ0n) is 18.7. The molecule has 2 heteroatoms. The zero-order chi connectivity index (χ0) is 21.2. The number of fused-ring (bicyclic) bond motifs is 1. The first-order valence-corrected chi connectivity index (χ1v) is 11.3. The Kier molecular flexibility index (Phi) is 6.61. The summed E-state index contributed by atoms with van der Waals surface area (Å²) in [5.41, 5.74) is 4.56. The summed E-state index contributed by atoms with van der Waals surface area (Å²) < 4.78 is 0. The van der Waals surface area contributed by atoms with E-state index in [1.165, 1.54) is 24.8 Å². The summed E-state index contributed by atoms with van der Waals surface area (Å²) in [5.74, 6) is 7.17. The SMILES string of the molecule is C=C1/C(=C\C=C2/CCCC3(C)C(C(C)CC#CC(C)(C)O)=CC[C@@H]23)CCCC1O. The van der Waals surface area contributed by atoms with Crippen molar-refractivity contribution in [2.75, 3.05) is 0 Å². The van der Waals surface area contributed by atoms with Gasteiger partial charge in [0.25, 0.3) is 0 Å². The molecular formula is C27H38O2. The maximum atomic E-state index is 10.1. The Morgan fingerprint density at radius 3 is 2.79 bits per heavy atom. The van der Waals surface area contributed by atoms with Crippen LogP contribution >= 0.6 is 0 Å². The van der Waals surface area contributed by atoms with E-state index >= 15 is 0 Å². The van der Waals surface area contributed by atoms with Crippen LogP contribution in [-0.2, 0) is 0 Å². The highest BCUT2D eigenvalue weighted by Crippen LogP contribution is 2.56. The van der Waals surface area contributed by atoms with Crippen molar-refractivity contribution in [2.45, 2.75) is 90.8 Å². The molecule has 2 fully saturated rings. The van der Waals surface area contributed by atoms with Crippen LogP contribution in [0.15, 0.2) is 47.1 Å². The number of allylic oxidation sites excluding steroid dienone is 5. The molecule has 0 aromatic heterocycles. The van der Waals surface area contributed by atoms with Crippen LogP contribution in [0.5, 0.6) is 0 Å². The van der Waals surface area contributed by atoms with Crippen molar-refractivity contribution in [3.8, 4) is 11.8 Å². The third-order valence-corrected chi connectivity index (χ3v) is 7.18. The molecule has 0 aliphatic heterocycles. The van der Waals surface area contributed by atoms with E-state index in [0.717, 1.165) is 37.7 Å². The van der Waals surface area contributed by atoms with E-state index in [1.54, 1.807) is 25.0 Å². The van der Waals surface area contributed by atoms with Crippen molar-refractivity contribution in [3.05, 3.63) is 47.1 Å². The highest BCUT2D eigenvalue weighted by Gasteiger charge is 2.45. The maximum Gasteiger partial charge on any atom is 0.119 e. The molecule has 0 bridgehead atoms. The van der Waals surface area contributed by atoms with Crippen molar-refractivity contribution in [1.29, 1.82) is 0 Å². The molecule has 4 atom stereocenters. The van der Waals surface area contributed by atoms with Crippen molar-refractivity contribution in [1.82, 2.24) is 0 Å². The Morgan fingerprint density at radius 2 is 2.07 bits per heavy atom. The van der Waals surface area contributed by atoms with Gasteiger partial charge in [0, 0.05) is 6.42 Å². The molecule has 2 nitrogen and oxygen atoms in total. The molecule has 2 saturated carbocycles. The normalized spacial score (nSPS) is 33.9. The fourth-order valence-electron chi connectivity index (χ4n) is 5.58. The quantitative estimate of drug-likeness (QED) is 0.464. The molecule has 158 valence electrons. The Morgan fingerprint density at radius 1 is 1.31 bits per heavy atom. The van der Waals surface area contributed by atoms with Gasteiger partial charge in [-0.05, 0) is 87.2 Å². The number of rotatable bonds is 3. The molecule has 3 aliphatic carbocycles. The van der Waals surface area contributed by atoms with E-state index in [-0.39, 0.29) is 11.5 Å². The molecule has 3 unspecified atom stereocenters. The van der Waals surface area contributed by atoms with E-state index in [2.05, 4.69) is 50.5 Å². The molecule has 0 heterocycles. The van der Waals surface area contributed by atoms with Crippen molar-refractivity contribution in [2.24, 2.45) is 17.3 Å². The van der Waals surface area contributed by atoms with Gasteiger partial charge >= 0.3 is 0 Å². The first-order chi connectivity index (χ1) is 13.6. The molecule has 0 aromatic rings. The first kappa shape index (κ1) is 22.1. The van der Waals surface area contributed by atoms with Crippen molar-refractivity contribution < 1.29 is 10.2 Å². The molecule has 3 rings (SSSR count). The average Bonchev–Trinajstić information content (AvgIpc) is 2.99. The molecule has 2 N–H and O–H groups in total.